The van der Waals surface area contributed by atoms with Gasteiger partial charge in [0.25, 0.3) is 0 Å². The maximum absolute atomic E-state index is 5.35. The smallest absolute Gasteiger partial charge is 0.170 e. The number of pyridine rings is 1. The zero-order chi connectivity index (χ0) is 15.2. The normalized spacial score (nSPS) is 10.2. The zero-order valence-corrected chi connectivity index (χ0v) is 13.6. The average Bonchev–Trinajstić information content (AvgIpc) is 2.46. The predicted octanol–water partition coefficient (Wildman–Crippen LogP) is 3.54. The molecule has 110 valence electrons. The average molecular weight is 299 g/mol. The molecule has 1 heterocycles. The van der Waals surface area contributed by atoms with Crippen LogP contribution >= 0.6 is 12.2 Å². The van der Waals surface area contributed by atoms with Crippen molar-refractivity contribution in [2.45, 2.75) is 27.2 Å². The SMILES string of the molecule is Cc1cc(C)c(NC(=S)NCCc2cccnc2)cc1C. The molecule has 2 N–H and O–H groups in total. The highest BCUT2D eigenvalue weighted by Crippen LogP contribution is 2.19. The Morgan fingerprint density at radius 3 is 2.62 bits per heavy atom. The lowest BCUT2D eigenvalue weighted by atomic mass is 10.1. The van der Waals surface area contributed by atoms with Gasteiger partial charge in [-0.1, -0.05) is 12.1 Å². The first kappa shape index (κ1) is 15.4. The van der Waals surface area contributed by atoms with Gasteiger partial charge in [-0.2, -0.15) is 0 Å². The van der Waals surface area contributed by atoms with Crippen LogP contribution in [0.5, 0.6) is 0 Å². The minimum absolute atomic E-state index is 0.658. The number of nitrogens with one attached hydrogen (secondary N) is 2. The zero-order valence-electron chi connectivity index (χ0n) is 12.7. The number of nitrogens with zero attached hydrogens (tertiary/aromatic N) is 1. The van der Waals surface area contributed by atoms with Crippen molar-refractivity contribution in [3.63, 3.8) is 0 Å². The minimum Gasteiger partial charge on any atom is -0.362 e. The van der Waals surface area contributed by atoms with Gasteiger partial charge in [0, 0.05) is 24.6 Å². The third-order valence-corrected chi connectivity index (χ3v) is 3.76. The third-order valence-electron chi connectivity index (χ3n) is 3.51. The Morgan fingerprint density at radius 2 is 1.90 bits per heavy atom. The molecule has 0 aliphatic rings. The molecule has 2 rings (SSSR count). The minimum atomic E-state index is 0.658. The van der Waals surface area contributed by atoms with Crippen LogP contribution in [0.1, 0.15) is 22.3 Å². The second-order valence-electron chi connectivity index (χ2n) is 5.24. The van der Waals surface area contributed by atoms with Crippen molar-refractivity contribution in [3.05, 3.63) is 58.9 Å². The van der Waals surface area contributed by atoms with E-state index in [4.69, 9.17) is 12.2 Å². The summed E-state index contributed by atoms with van der Waals surface area (Å²) in [4.78, 5) is 4.10. The van der Waals surface area contributed by atoms with Gasteiger partial charge in [-0.05, 0) is 73.8 Å². The molecule has 4 heteroatoms. The lowest BCUT2D eigenvalue weighted by Crippen LogP contribution is -2.30. The van der Waals surface area contributed by atoms with E-state index >= 15 is 0 Å². The van der Waals surface area contributed by atoms with Crippen LogP contribution in [-0.2, 0) is 6.42 Å². The molecule has 0 aliphatic carbocycles. The Hall–Kier alpha value is -1.94. The van der Waals surface area contributed by atoms with Crippen LogP contribution in [0.25, 0.3) is 0 Å². The van der Waals surface area contributed by atoms with E-state index < -0.39 is 0 Å². The standard InChI is InChI=1S/C17H21N3S/c1-12-9-14(3)16(10-13(12)2)20-17(21)19-8-6-15-5-4-7-18-11-15/h4-5,7,9-11H,6,8H2,1-3H3,(H2,19,20,21). The van der Waals surface area contributed by atoms with Gasteiger partial charge in [-0.3, -0.25) is 4.98 Å². The number of thiocarbonyl (C=S) groups is 1. The van der Waals surface area contributed by atoms with Crippen LogP contribution in [0.15, 0.2) is 36.7 Å². The van der Waals surface area contributed by atoms with E-state index in [0.29, 0.717) is 5.11 Å². The number of hydrogen-bond acceptors (Lipinski definition) is 2. The van der Waals surface area contributed by atoms with Crippen molar-refractivity contribution in [2.75, 3.05) is 11.9 Å². The van der Waals surface area contributed by atoms with Gasteiger partial charge in [-0.25, -0.2) is 0 Å². The maximum Gasteiger partial charge on any atom is 0.170 e. The molecule has 0 radical (unpaired) electrons. The number of benzene rings is 1. The summed E-state index contributed by atoms with van der Waals surface area (Å²) in [5.74, 6) is 0. The fourth-order valence-corrected chi connectivity index (χ4v) is 2.34. The summed E-state index contributed by atoms with van der Waals surface area (Å²) in [5.41, 5.74) is 6.04. The summed E-state index contributed by atoms with van der Waals surface area (Å²) in [5, 5.41) is 7.16. The molecular weight excluding hydrogens is 278 g/mol. The molecule has 0 aliphatic heterocycles. The van der Waals surface area contributed by atoms with E-state index in [1.165, 1.54) is 22.3 Å². The molecule has 1 aromatic carbocycles. The fraction of sp³-hybridized carbons (Fsp3) is 0.294. The first-order valence-electron chi connectivity index (χ1n) is 7.08. The van der Waals surface area contributed by atoms with Crippen molar-refractivity contribution >= 4 is 23.0 Å². The first-order valence-corrected chi connectivity index (χ1v) is 7.48. The van der Waals surface area contributed by atoms with Gasteiger partial charge in [0.15, 0.2) is 5.11 Å². The van der Waals surface area contributed by atoms with E-state index in [1.807, 2.05) is 12.3 Å². The first-order chi connectivity index (χ1) is 10.1. The van der Waals surface area contributed by atoms with Crippen molar-refractivity contribution in [3.8, 4) is 0 Å². The molecule has 0 saturated heterocycles. The third kappa shape index (κ3) is 4.53. The number of hydrogen-bond donors (Lipinski definition) is 2. The van der Waals surface area contributed by atoms with Crippen molar-refractivity contribution in [1.29, 1.82) is 0 Å². The van der Waals surface area contributed by atoms with Gasteiger partial charge in [0.05, 0.1) is 0 Å². The Labute approximate surface area is 131 Å². The van der Waals surface area contributed by atoms with E-state index in [-0.39, 0.29) is 0 Å². The van der Waals surface area contributed by atoms with Crippen molar-refractivity contribution in [1.82, 2.24) is 10.3 Å². The molecule has 2 aromatic rings. The highest BCUT2D eigenvalue weighted by Gasteiger charge is 2.03. The number of aromatic nitrogens is 1. The topological polar surface area (TPSA) is 37.0 Å². The molecule has 1 aromatic heterocycles. The summed E-state index contributed by atoms with van der Waals surface area (Å²) in [7, 11) is 0. The van der Waals surface area contributed by atoms with Crippen LogP contribution in [-0.4, -0.2) is 16.6 Å². The lowest BCUT2D eigenvalue weighted by molar-refractivity contribution is 0.868. The lowest BCUT2D eigenvalue weighted by Gasteiger charge is -2.14. The molecule has 0 bridgehead atoms. The Morgan fingerprint density at radius 1 is 1.14 bits per heavy atom. The molecule has 0 saturated carbocycles. The van der Waals surface area contributed by atoms with Crippen LogP contribution in [0.3, 0.4) is 0 Å². The summed E-state index contributed by atoms with van der Waals surface area (Å²) < 4.78 is 0. The highest BCUT2D eigenvalue weighted by molar-refractivity contribution is 7.80. The highest BCUT2D eigenvalue weighted by atomic mass is 32.1. The van der Waals surface area contributed by atoms with Gasteiger partial charge in [0.1, 0.15) is 0 Å². The molecule has 0 amide bonds. The van der Waals surface area contributed by atoms with Crippen LogP contribution in [0.2, 0.25) is 0 Å². The van der Waals surface area contributed by atoms with Gasteiger partial charge < -0.3 is 10.6 Å². The number of aryl methyl sites for hydroxylation is 3. The molecule has 0 unspecified atom stereocenters. The van der Waals surface area contributed by atoms with E-state index in [1.54, 1.807) is 6.20 Å². The molecular formula is C17H21N3S. The van der Waals surface area contributed by atoms with E-state index in [2.05, 4.69) is 54.6 Å². The molecule has 0 fully saturated rings. The van der Waals surface area contributed by atoms with Crippen LogP contribution in [0, 0.1) is 20.8 Å². The monoisotopic (exact) mass is 299 g/mol. The summed E-state index contributed by atoms with van der Waals surface area (Å²) >= 11 is 5.35. The van der Waals surface area contributed by atoms with Gasteiger partial charge in [-0.15, -0.1) is 0 Å². The second kappa shape index (κ2) is 7.18. The number of rotatable bonds is 4. The predicted molar refractivity (Wildman–Crippen MR) is 92.8 cm³/mol. The van der Waals surface area contributed by atoms with Crippen LogP contribution in [0.4, 0.5) is 5.69 Å². The Balaban J connectivity index is 1.86. The Bertz CT molecular complexity index is 623. The maximum atomic E-state index is 5.35. The largest absolute Gasteiger partial charge is 0.362 e. The van der Waals surface area contributed by atoms with E-state index in [9.17, 15) is 0 Å². The molecule has 0 atom stereocenters. The molecule has 3 nitrogen and oxygen atoms in total. The summed E-state index contributed by atoms with van der Waals surface area (Å²) in [6.07, 6.45) is 4.57. The van der Waals surface area contributed by atoms with Gasteiger partial charge in [0.2, 0.25) is 0 Å². The van der Waals surface area contributed by atoms with Crippen molar-refractivity contribution < 1.29 is 0 Å². The molecule has 0 spiro atoms. The molecule has 21 heavy (non-hydrogen) atoms. The quantitative estimate of drug-likeness (QED) is 0.847. The van der Waals surface area contributed by atoms with Crippen molar-refractivity contribution in [2.24, 2.45) is 0 Å². The second-order valence-corrected chi connectivity index (χ2v) is 5.65. The Kier molecular flexibility index (Phi) is 5.28. The number of anilines is 1. The summed E-state index contributed by atoms with van der Waals surface area (Å²) in [6, 6.07) is 8.33. The summed E-state index contributed by atoms with van der Waals surface area (Å²) in [6.45, 7) is 7.11. The fourth-order valence-electron chi connectivity index (χ4n) is 2.13. The van der Waals surface area contributed by atoms with Gasteiger partial charge >= 0.3 is 0 Å². The van der Waals surface area contributed by atoms with E-state index in [0.717, 1.165) is 18.7 Å². The van der Waals surface area contributed by atoms with Crippen LogP contribution < -0.4 is 10.6 Å².